The zero-order chi connectivity index (χ0) is 23.3. The summed E-state index contributed by atoms with van der Waals surface area (Å²) in [6, 6.07) is 32.8. The predicted octanol–water partition coefficient (Wildman–Crippen LogP) is 7.61. The molecule has 4 rings (SSSR count). The average Bonchev–Trinajstić information content (AvgIpc) is 2.81. The highest BCUT2D eigenvalue weighted by Gasteiger charge is 2.30. The Hall–Kier alpha value is -3.16. The van der Waals surface area contributed by atoms with Gasteiger partial charge in [0.1, 0.15) is 5.75 Å². The van der Waals surface area contributed by atoms with Gasteiger partial charge in [0, 0.05) is 4.90 Å². The van der Waals surface area contributed by atoms with E-state index >= 15 is 0 Å². The summed E-state index contributed by atoms with van der Waals surface area (Å²) in [6.07, 6.45) is 0. The minimum Gasteiger partial charge on any atom is -0.423 e. The molecule has 0 amide bonds. The highest BCUT2D eigenvalue weighted by atomic mass is 32.2. The van der Waals surface area contributed by atoms with Crippen molar-refractivity contribution in [2.24, 2.45) is 0 Å². The molecule has 0 N–H and O–H groups in total. The number of alkyl halides is 3. The lowest BCUT2D eigenvalue weighted by molar-refractivity contribution is -0.0328. The maximum atomic E-state index is 12.5. The van der Waals surface area contributed by atoms with Crippen LogP contribution < -0.4 is 4.74 Å². The van der Waals surface area contributed by atoms with Gasteiger partial charge in [-0.05, 0) is 84.6 Å². The lowest BCUT2D eigenvalue weighted by Crippen LogP contribution is -2.09. The molecule has 2 nitrogen and oxygen atoms in total. The van der Waals surface area contributed by atoms with Gasteiger partial charge in [0.15, 0.2) is 14.7 Å². The molecule has 0 bridgehead atoms. The molecule has 0 heterocycles. The molecule has 4 aromatic rings. The molecular formula is C26H18F3O2S2+. The molecule has 0 saturated carbocycles. The lowest BCUT2D eigenvalue weighted by Gasteiger charge is -2.09. The molecular weight excluding hydrogens is 465 g/mol. The van der Waals surface area contributed by atoms with Crippen LogP contribution in [-0.4, -0.2) is 11.5 Å². The van der Waals surface area contributed by atoms with Crippen LogP contribution >= 0.6 is 11.8 Å². The monoisotopic (exact) mass is 483 g/mol. The molecule has 0 atom stereocenters. The maximum Gasteiger partial charge on any atom is 0.446 e. The number of benzene rings is 4. The quantitative estimate of drug-likeness (QED) is 0.122. The standard InChI is InChI=1S/C26H18F3O2S2/c27-26(28,29)32-21-15-13-20(14-16-21)31-25(30)19-11-17-24(18-12-19)33(22-7-3-1-4-8-22)23-9-5-2-6-10-23/h1-18H/q+1. The highest BCUT2D eigenvalue weighted by Crippen LogP contribution is 2.37. The first kappa shape index (κ1) is 23.0. The van der Waals surface area contributed by atoms with E-state index in [1.165, 1.54) is 24.3 Å². The van der Waals surface area contributed by atoms with Crippen molar-refractivity contribution in [3.05, 3.63) is 115 Å². The Morgan fingerprint density at radius 2 is 1.15 bits per heavy atom. The molecule has 33 heavy (non-hydrogen) atoms. The second-order valence-corrected chi connectivity index (χ2v) is 10.0. The molecule has 0 aliphatic carbocycles. The third kappa shape index (κ3) is 6.21. The SMILES string of the molecule is O=C(Oc1ccc(SC(F)(F)F)cc1)c1ccc([S+](c2ccccc2)c2ccccc2)cc1. The Labute approximate surface area is 196 Å². The number of rotatable bonds is 6. The molecule has 0 aromatic heterocycles. The van der Waals surface area contributed by atoms with Crippen molar-refractivity contribution < 1.29 is 22.7 Å². The second kappa shape index (κ2) is 10.2. The number of thioether (sulfide) groups is 1. The average molecular weight is 484 g/mol. The summed E-state index contributed by atoms with van der Waals surface area (Å²) < 4.78 is 42.7. The Balaban J connectivity index is 1.51. The molecule has 7 heteroatoms. The van der Waals surface area contributed by atoms with Gasteiger partial charge >= 0.3 is 11.5 Å². The van der Waals surface area contributed by atoms with Crippen LogP contribution in [0.4, 0.5) is 13.2 Å². The predicted molar refractivity (Wildman–Crippen MR) is 125 cm³/mol. The van der Waals surface area contributed by atoms with Crippen LogP contribution in [0.2, 0.25) is 0 Å². The number of carbonyl (C=O) groups excluding carboxylic acids is 1. The van der Waals surface area contributed by atoms with E-state index in [1.54, 1.807) is 12.1 Å². The topological polar surface area (TPSA) is 26.3 Å². The number of esters is 1. The first-order chi connectivity index (χ1) is 15.9. The van der Waals surface area contributed by atoms with Gasteiger partial charge in [-0.15, -0.1) is 0 Å². The van der Waals surface area contributed by atoms with Gasteiger partial charge in [-0.3, -0.25) is 0 Å². The molecule has 0 aliphatic rings. The van der Waals surface area contributed by atoms with Gasteiger partial charge in [0.25, 0.3) is 0 Å². The van der Waals surface area contributed by atoms with E-state index in [4.69, 9.17) is 4.74 Å². The molecule has 0 radical (unpaired) electrons. The van der Waals surface area contributed by atoms with Gasteiger partial charge < -0.3 is 4.74 Å². The molecule has 0 spiro atoms. The van der Waals surface area contributed by atoms with E-state index in [0.717, 1.165) is 14.7 Å². The van der Waals surface area contributed by atoms with Crippen molar-refractivity contribution >= 4 is 28.6 Å². The summed E-state index contributed by atoms with van der Waals surface area (Å²) >= 11 is -0.214. The summed E-state index contributed by atoms with van der Waals surface area (Å²) in [5.74, 6) is -0.388. The minimum atomic E-state index is -4.36. The third-order valence-electron chi connectivity index (χ3n) is 4.55. The number of hydrogen-bond acceptors (Lipinski definition) is 3. The van der Waals surface area contributed by atoms with Crippen molar-refractivity contribution in [3.63, 3.8) is 0 Å². The fraction of sp³-hybridized carbons (Fsp3) is 0.0385. The zero-order valence-corrected chi connectivity index (χ0v) is 18.8. The normalized spacial score (nSPS) is 11.4. The Kier molecular flexibility index (Phi) is 7.11. The van der Waals surface area contributed by atoms with E-state index < -0.39 is 11.5 Å². The highest BCUT2D eigenvalue weighted by molar-refractivity contribution is 8.00. The van der Waals surface area contributed by atoms with Gasteiger partial charge in [-0.1, -0.05) is 36.4 Å². The molecule has 0 saturated heterocycles. The van der Waals surface area contributed by atoms with Gasteiger partial charge in [-0.2, -0.15) is 13.2 Å². The van der Waals surface area contributed by atoms with E-state index in [0.29, 0.717) is 5.56 Å². The van der Waals surface area contributed by atoms with Crippen molar-refractivity contribution in [1.82, 2.24) is 0 Å². The van der Waals surface area contributed by atoms with Crippen molar-refractivity contribution in [2.45, 2.75) is 25.1 Å². The minimum absolute atomic E-state index is 0.0282. The number of ether oxygens (including phenoxy) is 1. The largest absolute Gasteiger partial charge is 0.446 e. The van der Waals surface area contributed by atoms with Crippen molar-refractivity contribution in [2.75, 3.05) is 0 Å². The van der Waals surface area contributed by atoms with E-state index in [1.807, 2.05) is 48.5 Å². The van der Waals surface area contributed by atoms with E-state index in [-0.39, 0.29) is 33.3 Å². The van der Waals surface area contributed by atoms with Gasteiger partial charge in [0.2, 0.25) is 0 Å². The summed E-state index contributed by atoms with van der Waals surface area (Å²) in [7, 11) is -0.332. The maximum absolute atomic E-state index is 12.5. The summed E-state index contributed by atoms with van der Waals surface area (Å²) in [5.41, 5.74) is -4.00. The second-order valence-electron chi connectivity index (χ2n) is 6.87. The number of carbonyl (C=O) groups is 1. The molecule has 0 fully saturated rings. The Morgan fingerprint density at radius 3 is 1.64 bits per heavy atom. The van der Waals surface area contributed by atoms with Crippen molar-refractivity contribution in [1.29, 1.82) is 0 Å². The van der Waals surface area contributed by atoms with Crippen LogP contribution in [0, 0.1) is 0 Å². The van der Waals surface area contributed by atoms with Crippen LogP contribution in [0.15, 0.2) is 129 Å². The number of hydrogen-bond donors (Lipinski definition) is 0. The lowest BCUT2D eigenvalue weighted by atomic mass is 10.2. The van der Waals surface area contributed by atoms with E-state index in [9.17, 15) is 18.0 Å². The number of halogens is 3. The molecule has 0 aliphatic heterocycles. The molecule has 0 unspecified atom stereocenters. The fourth-order valence-electron chi connectivity index (χ4n) is 3.12. The fourth-order valence-corrected chi connectivity index (χ4v) is 5.75. The van der Waals surface area contributed by atoms with Gasteiger partial charge in [-0.25, -0.2) is 4.79 Å². The summed E-state index contributed by atoms with van der Waals surface area (Å²) in [5, 5.41) is 0. The van der Waals surface area contributed by atoms with Crippen LogP contribution in [0.25, 0.3) is 0 Å². The first-order valence-electron chi connectivity index (χ1n) is 9.91. The van der Waals surface area contributed by atoms with Gasteiger partial charge in [0.05, 0.1) is 16.5 Å². The van der Waals surface area contributed by atoms with E-state index in [2.05, 4.69) is 24.3 Å². The molecule has 4 aromatic carbocycles. The molecule has 166 valence electrons. The Morgan fingerprint density at radius 1 is 0.667 bits per heavy atom. The first-order valence-corrected chi connectivity index (χ1v) is 12.0. The third-order valence-corrected chi connectivity index (χ3v) is 7.52. The summed E-state index contributed by atoms with van der Waals surface area (Å²) in [6.45, 7) is 0. The van der Waals surface area contributed by atoms with Crippen LogP contribution in [0.3, 0.4) is 0 Å². The van der Waals surface area contributed by atoms with Crippen LogP contribution in [0.1, 0.15) is 10.4 Å². The summed E-state index contributed by atoms with van der Waals surface area (Å²) in [4.78, 5) is 16.0. The van der Waals surface area contributed by atoms with Crippen molar-refractivity contribution in [3.8, 4) is 5.75 Å². The zero-order valence-electron chi connectivity index (χ0n) is 17.2. The smallest absolute Gasteiger partial charge is 0.423 e. The Bertz CT molecular complexity index is 1160. The van der Waals surface area contributed by atoms with Crippen LogP contribution in [0.5, 0.6) is 5.75 Å². The van der Waals surface area contributed by atoms with Crippen LogP contribution in [-0.2, 0) is 10.9 Å².